The normalized spacial score (nSPS) is 15.6. The highest BCUT2D eigenvalue weighted by molar-refractivity contribution is 6.00. The van der Waals surface area contributed by atoms with Crippen LogP contribution in [0.3, 0.4) is 0 Å². The minimum absolute atomic E-state index is 0.194. The van der Waals surface area contributed by atoms with Gasteiger partial charge in [0.1, 0.15) is 17.0 Å². The summed E-state index contributed by atoms with van der Waals surface area (Å²) in [7, 11) is 0. The summed E-state index contributed by atoms with van der Waals surface area (Å²) < 4.78 is 5.02. The van der Waals surface area contributed by atoms with Crippen LogP contribution < -0.4 is 10.6 Å². The molecule has 0 unspecified atom stereocenters. The van der Waals surface area contributed by atoms with Crippen molar-refractivity contribution in [2.45, 2.75) is 84.2 Å². The summed E-state index contributed by atoms with van der Waals surface area (Å²) in [6, 6.07) is 5.44. The number of carbonyl (C=O) groups is 2. The Morgan fingerprint density at radius 1 is 1.03 bits per heavy atom. The van der Waals surface area contributed by atoms with Crippen molar-refractivity contribution < 1.29 is 14.1 Å². The second kappa shape index (κ2) is 7.52. The molecule has 162 valence electrons. The van der Waals surface area contributed by atoms with E-state index in [4.69, 9.17) is 9.51 Å². The van der Waals surface area contributed by atoms with E-state index in [9.17, 15) is 9.59 Å². The second-order valence-corrected chi connectivity index (χ2v) is 10.3. The zero-order valence-electron chi connectivity index (χ0n) is 19.0. The number of carbonyl (C=O) groups excluding carboxylic acids is 2. The van der Waals surface area contributed by atoms with E-state index in [0.29, 0.717) is 29.9 Å². The maximum absolute atomic E-state index is 13.1. The van der Waals surface area contributed by atoms with Crippen molar-refractivity contribution in [3.8, 4) is 0 Å². The molecule has 0 spiro atoms. The zero-order chi connectivity index (χ0) is 22.3. The van der Waals surface area contributed by atoms with Crippen LogP contribution in [-0.2, 0) is 22.2 Å². The van der Waals surface area contributed by atoms with E-state index in [0.717, 1.165) is 11.4 Å². The topological polar surface area (TPSA) is 97.1 Å². The lowest BCUT2D eigenvalue weighted by Crippen LogP contribution is -2.48. The van der Waals surface area contributed by atoms with E-state index >= 15 is 0 Å². The minimum Gasteiger partial charge on any atom is -0.361 e. The van der Waals surface area contributed by atoms with Crippen molar-refractivity contribution in [2.24, 2.45) is 0 Å². The monoisotopic (exact) mass is 412 g/mol. The highest BCUT2D eigenvalue weighted by atomic mass is 16.5. The molecule has 2 aromatic rings. The third kappa shape index (κ3) is 4.89. The number of hydrogen-bond donors (Lipinski definition) is 2. The first-order valence-electron chi connectivity index (χ1n) is 10.4. The fourth-order valence-corrected chi connectivity index (χ4v) is 3.09. The summed E-state index contributed by atoms with van der Waals surface area (Å²) in [6.07, 6.45) is 1.23. The molecule has 2 amide bonds. The molecular formula is C23H32N4O3. The molecular weight excluding hydrogens is 380 g/mol. The summed E-state index contributed by atoms with van der Waals surface area (Å²) in [4.78, 5) is 30.6. The average molecular weight is 413 g/mol. The van der Waals surface area contributed by atoms with Crippen LogP contribution in [0.1, 0.15) is 87.6 Å². The number of nitrogens with zero attached hydrogens (tertiary/aromatic N) is 2. The average Bonchev–Trinajstić information content (AvgIpc) is 3.31. The van der Waals surface area contributed by atoms with E-state index in [1.165, 1.54) is 0 Å². The van der Waals surface area contributed by atoms with Crippen LogP contribution in [0.4, 0.5) is 0 Å². The molecule has 7 nitrogen and oxygen atoms in total. The quantitative estimate of drug-likeness (QED) is 0.783. The zero-order valence-corrected chi connectivity index (χ0v) is 19.0. The first kappa shape index (κ1) is 22.0. The molecule has 1 aliphatic carbocycles. The lowest BCUT2D eigenvalue weighted by molar-refractivity contribution is -0.124. The van der Waals surface area contributed by atoms with Crippen molar-refractivity contribution >= 4 is 11.8 Å². The van der Waals surface area contributed by atoms with Crippen molar-refractivity contribution in [3.63, 3.8) is 0 Å². The van der Waals surface area contributed by atoms with Gasteiger partial charge in [0.25, 0.3) is 5.91 Å². The summed E-state index contributed by atoms with van der Waals surface area (Å²) in [5.41, 5.74) is 1.66. The largest absolute Gasteiger partial charge is 0.361 e. The molecule has 1 fully saturated rings. The van der Waals surface area contributed by atoms with Gasteiger partial charge in [0, 0.05) is 33.8 Å². The van der Waals surface area contributed by atoms with Crippen LogP contribution in [0, 0.1) is 6.92 Å². The van der Waals surface area contributed by atoms with Gasteiger partial charge in [0.2, 0.25) is 5.91 Å². The predicted octanol–water partition coefficient (Wildman–Crippen LogP) is 3.55. The Morgan fingerprint density at radius 2 is 1.60 bits per heavy atom. The minimum atomic E-state index is -0.858. The Morgan fingerprint density at radius 3 is 2.03 bits per heavy atom. The molecule has 0 radical (unpaired) electrons. The van der Waals surface area contributed by atoms with Crippen LogP contribution in [0.25, 0.3) is 0 Å². The molecule has 30 heavy (non-hydrogen) atoms. The number of aryl methyl sites for hydroxylation is 1. The van der Waals surface area contributed by atoms with Gasteiger partial charge in [-0.3, -0.25) is 14.6 Å². The summed E-state index contributed by atoms with van der Waals surface area (Å²) in [5, 5.41) is 9.69. The molecule has 0 atom stereocenters. The molecule has 1 aliphatic rings. The van der Waals surface area contributed by atoms with Gasteiger partial charge >= 0.3 is 0 Å². The van der Waals surface area contributed by atoms with E-state index in [1.54, 1.807) is 13.0 Å². The van der Waals surface area contributed by atoms with Crippen LogP contribution in [0.2, 0.25) is 0 Å². The maximum Gasteiger partial charge on any atom is 0.252 e. The number of aromatic nitrogens is 2. The maximum atomic E-state index is 13.1. The van der Waals surface area contributed by atoms with Crippen molar-refractivity contribution in [2.75, 3.05) is 0 Å². The number of hydrogen-bond acceptors (Lipinski definition) is 5. The van der Waals surface area contributed by atoms with E-state index in [1.807, 2.05) is 12.1 Å². The number of amides is 2. The SMILES string of the molecule is Cc1cc(CNC(=O)C2(NC(=O)c3cc(C(C)(C)C)nc(C(C)(C)C)c3)CC2)no1. The van der Waals surface area contributed by atoms with Gasteiger partial charge in [-0.05, 0) is 31.9 Å². The van der Waals surface area contributed by atoms with Gasteiger partial charge in [-0.2, -0.15) is 0 Å². The third-order valence-corrected chi connectivity index (χ3v) is 5.27. The van der Waals surface area contributed by atoms with Crippen LogP contribution in [-0.4, -0.2) is 27.5 Å². The molecule has 0 aromatic carbocycles. The summed E-state index contributed by atoms with van der Waals surface area (Å²) in [6.45, 7) is 14.5. The van der Waals surface area contributed by atoms with Gasteiger partial charge in [0.15, 0.2) is 0 Å². The molecule has 0 aliphatic heterocycles. The van der Waals surface area contributed by atoms with Crippen LogP contribution in [0.5, 0.6) is 0 Å². The Hall–Kier alpha value is -2.70. The van der Waals surface area contributed by atoms with Gasteiger partial charge in [-0.15, -0.1) is 0 Å². The Kier molecular flexibility index (Phi) is 5.52. The van der Waals surface area contributed by atoms with Gasteiger partial charge in [-0.1, -0.05) is 46.7 Å². The number of rotatable bonds is 5. The van der Waals surface area contributed by atoms with E-state index in [-0.39, 0.29) is 29.2 Å². The lowest BCUT2D eigenvalue weighted by atomic mass is 9.86. The molecule has 2 N–H and O–H groups in total. The smallest absolute Gasteiger partial charge is 0.252 e. The highest BCUT2D eigenvalue weighted by Crippen LogP contribution is 2.36. The third-order valence-electron chi connectivity index (χ3n) is 5.27. The lowest BCUT2D eigenvalue weighted by Gasteiger charge is -2.25. The Labute approximate surface area is 178 Å². The molecule has 3 rings (SSSR count). The van der Waals surface area contributed by atoms with Crippen LogP contribution in [0.15, 0.2) is 22.7 Å². The molecule has 0 saturated heterocycles. The van der Waals surface area contributed by atoms with Crippen molar-refractivity contribution in [3.05, 3.63) is 46.6 Å². The molecule has 0 bridgehead atoms. The van der Waals surface area contributed by atoms with Gasteiger partial charge in [0.05, 0.1) is 6.54 Å². The van der Waals surface area contributed by atoms with E-state index in [2.05, 4.69) is 57.3 Å². The first-order valence-corrected chi connectivity index (χ1v) is 10.4. The fourth-order valence-electron chi connectivity index (χ4n) is 3.09. The summed E-state index contributed by atoms with van der Waals surface area (Å²) >= 11 is 0. The first-order chi connectivity index (χ1) is 13.8. The summed E-state index contributed by atoms with van der Waals surface area (Å²) in [5.74, 6) is 0.242. The van der Waals surface area contributed by atoms with Crippen molar-refractivity contribution in [1.82, 2.24) is 20.8 Å². The molecule has 2 heterocycles. The molecule has 7 heteroatoms. The van der Waals surface area contributed by atoms with Gasteiger partial charge in [-0.25, -0.2) is 0 Å². The molecule has 2 aromatic heterocycles. The van der Waals surface area contributed by atoms with Crippen molar-refractivity contribution in [1.29, 1.82) is 0 Å². The predicted molar refractivity (Wildman–Crippen MR) is 114 cm³/mol. The Bertz CT molecular complexity index is 927. The standard InChI is InChI=1S/C23H32N4O3/c1-14-10-16(27-30-14)13-24-20(29)23(8-9-23)26-19(28)15-11-17(21(2,3)4)25-18(12-15)22(5,6)7/h10-12H,8-9,13H2,1-7H3,(H,24,29)(H,26,28). The van der Waals surface area contributed by atoms with E-state index < -0.39 is 5.54 Å². The second-order valence-electron chi connectivity index (χ2n) is 10.3. The highest BCUT2D eigenvalue weighted by Gasteiger charge is 2.51. The van der Waals surface area contributed by atoms with Gasteiger partial charge < -0.3 is 15.2 Å². The van der Waals surface area contributed by atoms with Crippen LogP contribution >= 0.6 is 0 Å². The number of nitrogens with one attached hydrogen (secondary N) is 2. The Balaban J connectivity index is 1.77. The number of pyridine rings is 1. The fraction of sp³-hybridized carbons (Fsp3) is 0.565. The molecule has 1 saturated carbocycles.